The first-order valence-corrected chi connectivity index (χ1v) is 5.63. The SMILES string of the molecule is COCCCSc1cccc(F)c1C=O. The quantitative estimate of drug-likeness (QED) is 0.425. The molecule has 0 N–H and O–H groups in total. The van der Waals surface area contributed by atoms with E-state index >= 15 is 0 Å². The van der Waals surface area contributed by atoms with E-state index < -0.39 is 5.82 Å². The van der Waals surface area contributed by atoms with Crippen LogP contribution in [-0.2, 0) is 4.74 Å². The van der Waals surface area contributed by atoms with Gasteiger partial charge in [0.25, 0.3) is 0 Å². The van der Waals surface area contributed by atoms with Gasteiger partial charge in [0.15, 0.2) is 6.29 Å². The van der Waals surface area contributed by atoms with Crippen LogP contribution >= 0.6 is 11.8 Å². The Kier molecular flexibility index (Phi) is 5.36. The van der Waals surface area contributed by atoms with Crippen molar-refractivity contribution < 1.29 is 13.9 Å². The number of carbonyl (C=O) groups is 1. The number of halogens is 1. The highest BCUT2D eigenvalue weighted by molar-refractivity contribution is 7.99. The van der Waals surface area contributed by atoms with Gasteiger partial charge in [-0.3, -0.25) is 4.79 Å². The second-order valence-corrected chi connectivity index (χ2v) is 4.10. The van der Waals surface area contributed by atoms with E-state index in [4.69, 9.17) is 4.74 Å². The van der Waals surface area contributed by atoms with Crippen molar-refractivity contribution in [1.29, 1.82) is 0 Å². The van der Waals surface area contributed by atoms with Crippen molar-refractivity contribution >= 4 is 18.0 Å². The molecule has 2 nitrogen and oxygen atoms in total. The molecule has 0 spiro atoms. The molecule has 0 radical (unpaired) electrons. The minimum Gasteiger partial charge on any atom is -0.385 e. The fourth-order valence-corrected chi connectivity index (χ4v) is 2.10. The maximum absolute atomic E-state index is 13.2. The van der Waals surface area contributed by atoms with Crippen LogP contribution in [0.5, 0.6) is 0 Å². The predicted molar refractivity (Wildman–Crippen MR) is 59.0 cm³/mol. The minimum atomic E-state index is -0.457. The molecule has 0 aliphatic rings. The van der Waals surface area contributed by atoms with Crippen LogP contribution < -0.4 is 0 Å². The van der Waals surface area contributed by atoms with Gasteiger partial charge in [-0.25, -0.2) is 4.39 Å². The molecular formula is C11H13FO2S. The Labute approximate surface area is 92.8 Å². The molecule has 0 heterocycles. The van der Waals surface area contributed by atoms with Gasteiger partial charge in [0.05, 0.1) is 5.56 Å². The maximum atomic E-state index is 13.2. The van der Waals surface area contributed by atoms with Crippen LogP contribution in [0.1, 0.15) is 16.8 Å². The first-order valence-electron chi connectivity index (χ1n) is 4.65. The lowest BCUT2D eigenvalue weighted by Gasteiger charge is -2.04. The monoisotopic (exact) mass is 228 g/mol. The zero-order valence-corrected chi connectivity index (χ0v) is 9.35. The number of carbonyl (C=O) groups excluding carboxylic acids is 1. The fraction of sp³-hybridized carbons (Fsp3) is 0.364. The second-order valence-electron chi connectivity index (χ2n) is 2.96. The zero-order chi connectivity index (χ0) is 11.1. The van der Waals surface area contributed by atoms with E-state index in [1.165, 1.54) is 17.8 Å². The summed E-state index contributed by atoms with van der Waals surface area (Å²) >= 11 is 1.47. The third-order valence-electron chi connectivity index (χ3n) is 1.88. The number of thioether (sulfide) groups is 1. The highest BCUT2D eigenvalue weighted by Crippen LogP contribution is 2.23. The lowest BCUT2D eigenvalue weighted by atomic mass is 10.2. The Hall–Kier alpha value is -0.870. The lowest BCUT2D eigenvalue weighted by Crippen LogP contribution is -1.94. The average Bonchev–Trinajstić information content (AvgIpc) is 2.24. The van der Waals surface area contributed by atoms with Crippen molar-refractivity contribution in [2.75, 3.05) is 19.5 Å². The van der Waals surface area contributed by atoms with E-state index in [0.29, 0.717) is 17.8 Å². The number of methoxy groups -OCH3 is 1. The maximum Gasteiger partial charge on any atom is 0.154 e. The molecule has 0 unspecified atom stereocenters. The van der Waals surface area contributed by atoms with Crippen LogP contribution in [0, 0.1) is 5.82 Å². The zero-order valence-electron chi connectivity index (χ0n) is 8.53. The predicted octanol–water partition coefficient (Wildman–Crippen LogP) is 2.77. The van der Waals surface area contributed by atoms with E-state index in [-0.39, 0.29) is 5.56 Å². The largest absolute Gasteiger partial charge is 0.385 e. The standard InChI is InChI=1S/C11H13FO2S/c1-14-6-3-7-15-11-5-2-4-10(12)9(11)8-13/h2,4-5,8H,3,6-7H2,1H3. The Morgan fingerprint density at radius 3 is 3.00 bits per heavy atom. The first kappa shape index (κ1) is 12.2. The molecule has 0 aromatic heterocycles. The van der Waals surface area contributed by atoms with Crippen molar-refractivity contribution in [3.63, 3.8) is 0 Å². The first-order chi connectivity index (χ1) is 7.29. The van der Waals surface area contributed by atoms with Crippen molar-refractivity contribution in [2.45, 2.75) is 11.3 Å². The lowest BCUT2D eigenvalue weighted by molar-refractivity contribution is 0.111. The molecule has 4 heteroatoms. The third-order valence-corrected chi connectivity index (χ3v) is 3.04. The summed E-state index contributed by atoms with van der Waals surface area (Å²) in [5.74, 6) is 0.361. The van der Waals surface area contributed by atoms with E-state index in [1.807, 2.05) is 0 Å². The van der Waals surface area contributed by atoms with Gasteiger partial charge in [-0.1, -0.05) is 6.07 Å². The Morgan fingerprint density at radius 1 is 1.53 bits per heavy atom. The van der Waals surface area contributed by atoms with Crippen LogP contribution in [0.3, 0.4) is 0 Å². The van der Waals surface area contributed by atoms with Crippen molar-refractivity contribution in [3.05, 3.63) is 29.6 Å². The minimum absolute atomic E-state index is 0.153. The Balaban J connectivity index is 2.60. The molecule has 0 amide bonds. The van der Waals surface area contributed by atoms with Gasteiger partial charge in [0.1, 0.15) is 5.82 Å². The number of hydrogen-bond donors (Lipinski definition) is 0. The molecule has 15 heavy (non-hydrogen) atoms. The van der Waals surface area contributed by atoms with Crippen LogP contribution in [0.4, 0.5) is 4.39 Å². The highest BCUT2D eigenvalue weighted by Gasteiger charge is 2.06. The summed E-state index contributed by atoms with van der Waals surface area (Å²) in [5, 5.41) is 0. The number of rotatable bonds is 6. The van der Waals surface area contributed by atoms with Gasteiger partial charge in [-0.05, 0) is 18.6 Å². The highest BCUT2D eigenvalue weighted by atomic mass is 32.2. The summed E-state index contributed by atoms with van der Waals surface area (Å²) in [6.45, 7) is 0.679. The molecule has 1 aromatic carbocycles. The summed E-state index contributed by atoms with van der Waals surface area (Å²) in [4.78, 5) is 11.4. The number of benzene rings is 1. The summed E-state index contributed by atoms with van der Waals surface area (Å²) < 4.78 is 18.1. The molecule has 1 rings (SSSR count). The van der Waals surface area contributed by atoms with Gasteiger partial charge in [0, 0.05) is 24.4 Å². The molecule has 1 aromatic rings. The normalized spacial score (nSPS) is 10.3. The Bertz CT molecular complexity index is 328. The fourth-order valence-electron chi connectivity index (χ4n) is 1.14. The van der Waals surface area contributed by atoms with Crippen LogP contribution in [0.25, 0.3) is 0 Å². The average molecular weight is 228 g/mol. The number of ether oxygens (including phenoxy) is 1. The summed E-state index contributed by atoms with van der Waals surface area (Å²) in [7, 11) is 1.64. The molecule has 0 saturated carbocycles. The molecular weight excluding hydrogens is 215 g/mol. The topological polar surface area (TPSA) is 26.3 Å². The molecule has 0 atom stereocenters. The second kappa shape index (κ2) is 6.58. The van der Waals surface area contributed by atoms with Gasteiger partial charge >= 0.3 is 0 Å². The van der Waals surface area contributed by atoms with Gasteiger partial charge < -0.3 is 4.74 Å². The van der Waals surface area contributed by atoms with Crippen LogP contribution in [-0.4, -0.2) is 25.8 Å². The molecule has 0 aliphatic carbocycles. The molecule has 0 bridgehead atoms. The van der Waals surface area contributed by atoms with Gasteiger partial charge in [0.2, 0.25) is 0 Å². The van der Waals surface area contributed by atoms with E-state index in [0.717, 1.165) is 12.2 Å². The molecule has 0 saturated heterocycles. The van der Waals surface area contributed by atoms with Crippen LogP contribution in [0.15, 0.2) is 23.1 Å². The van der Waals surface area contributed by atoms with E-state index in [1.54, 1.807) is 19.2 Å². The van der Waals surface area contributed by atoms with Crippen molar-refractivity contribution in [3.8, 4) is 0 Å². The van der Waals surface area contributed by atoms with E-state index in [9.17, 15) is 9.18 Å². The summed E-state index contributed by atoms with van der Waals surface area (Å²) in [6, 6.07) is 4.66. The third kappa shape index (κ3) is 3.64. The number of hydrogen-bond acceptors (Lipinski definition) is 3. The van der Waals surface area contributed by atoms with Gasteiger partial charge in [-0.2, -0.15) is 0 Å². The van der Waals surface area contributed by atoms with E-state index in [2.05, 4.69) is 0 Å². The van der Waals surface area contributed by atoms with Gasteiger partial charge in [-0.15, -0.1) is 11.8 Å². The van der Waals surface area contributed by atoms with Crippen LogP contribution in [0.2, 0.25) is 0 Å². The molecule has 0 aliphatic heterocycles. The number of aldehydes is 1. The smallest absolute Gasteiger partial charge is 0.154 e. The molecule has 82 valence electrons. The van der Waals surface area contributed by atoms with Crippen molar-refractivity contribution in [2.24, 2.45) is 0 Å². The Morgan fingerprint density at radius 2 is 2.33 bits per heavy atom. The molecule has 0 fully saturated rings. The summed E-state index contributed by atoms with van der Waals surface area (Å²) in [6.07, 6.45) is 1.45. The summed E-state index contributed by atoms with van der Waals surface area (Å²) in [5.41, 5.74) is 0.153. The van der Waals surface area contributed by atoms with Crippen molar-refractivity contribution in [1.82, 2.24) is 0 Å².